The first-order valence-corrected chi connectivity index (χ1v) is 6.52. The van der Waals surface area contributed by atoms with Gasteiger partial charge in [0.15, 0.2) is 17.5 Å². The molecule has 0 atom stereocenters. The summed E-state index contributed by atoms with van der Waals surface area (Å²) < 4.78 is 15.8. The molecule has 21 heavy (non-hydrogen) atoms. The third kappa shape index (κ3) is 6.85. The molecule has 0 aliphatic rings. The number of hydrogen-bond acceptors (Lipinski definition) is 4. The summed E-state index contributed by atoms with van der Waals surface area (Å²) in [5.74, 6) is 2.08. The van der Waals surface area contributed by atoms with Crippen LogP contribution in [0.2, 0.25) is 0 Å². The standard InChI is InChI=1S/C14H23N3O3.HI/c1-5-20-12-7-6-11(10-13(12)19-4)17-14(15-2)16-8-9-18-3;/h6-7,10H,5,8-9H2,1-4H3,(H2,15,16,17);1H. The van der Waals surface area contributed by atoms with Gasteiger partial charge in [0, 0.05) is 32.5 Å². The highest BCUT2D eigenvalue weighted by Crippen LogP contribution is 2.30. The average molecular weight is 409 g/mol. The first-order chi connectivity index (χ1) is 9.74. The predicted octanol–water partition coefficient (Wildman–Crippen LogP) is 2.35. The number of hydrogen-bond donors (Lipinski definition) is 2. The van der Waals surface area contributed by atoms with E-state index in [1.54, 1.807) is 21.3 Å². The SMILES string of the molecule is CCOc1ccc(NC(=NC)NCCOC)cc1OC.I. The van der Waals surface area contributed by atoms with Gasteiger partial charge in [-0.15, -0.1) is 24.0 Å². The zero-order valence-corrected chi connectivity index (χ0v) is 15.3. The molecule has 1 aromatic carbocycles. The van der Waals surface area contributed by atoms with Crippen molar-refractivity contribution in [1.82, 2.24) is 5.32 Å². The zero-order valence-electron chi connectivity index (χ0n) is 12.9. The molecule has 0 amide bonds. The summed E-state index contributed by atoms with van der Waals surface area (Å²) in [6.45, 7) is 3.84. The van der Waals surface area contributed by atoms with E-state index in [0.717, 1.165) is 11.4 Å². The third-order valence-electron chi connectivity index (χ3n) is 2.55. The van der Waals surface area contributed by atoms with Gasteiger partial charge in [-0.05, 0) is 19.1 Å². The van der Waals surface area contributed by atoms with Gasteiger partial charge in [-0.1, -0.05) is 0 Å². The Kier molecular flexibility index (Phi) is 10.8. The van der Waals surface area contributed by atoms with E-state index in [-0.39, 0.29) is 24.0 Å². The summed E-state index contributed by atoms with van der Waals surface area (Å²) in [5, 5.41) is 6.32. The molecule has 0 aliphatic carbocycles. The van der Waals surface area contributed by atoms with Gasteiger partial charge in [0.2, 0.25) is 0 Å². The highest BCUT2D eigenvalue weighted by Gasteiger charge is 2.06. The number of methoxy groups -OCH3 is 2. The second kappa shape index (κ2) is 11.4. The fourth-order valence-electron chi connectivity index (χ4n) is 1.61. The first kappa shape index (κ1) is 19.8. The summed E-state index contributed by atoms with van der Waals surface area (Å²) in [6, 6.07) is 5.65. The number of halogens is 1. The summed E-state index contributed by atoms with van der Waals surface area (Å²) >= 11 is 0. The first-order valence-electron chi connectivity index (χ1n) is 6.52. The fraction of sp³-hybridized carbons (Fsp3) is 0.500. The number of rotatable bonds is 7. The summed E-state index contributed by atoms with van der Waals surface area (Å²) in [4.78, 5) is 4.14. The fourth-order valence-corrected chi connectivity index (χ4v) is 1.61. The Morgan fingerprint density at radius 3 is 2.57 bits per heavy atom. The molecule has 7 heteroatoms. The van der Waals surface area contributed by atoms with Crippen LogP contribution in [-0.2, 0) is 4.74 Å². The summed E-state index contributed by atoms with van der Waals surface area (Å²) in [6.07, 6.45) is 0. The Morgan fingerprint density at radius 1 is 1.24 bits per heavy atom. The zero-order chi connectivity index (χ0) is 14.8. The number of benzene rings is 1. The van der Waals surface area contributed by atoms with Crippen molar-refractivity contribution in [3.63, 3.8) is 0 Å². The Bertz CT molecular complexity index is 441. The summed E-state index contributed by atoms with van der Waals surface area (Å²) in [7, 11) is 5.00. The molecule has 0 heterocycles. The lowest BCUT2D eigenvalue weighted by Crippen LogP contribution is -2.33. The molecule has 0 radical (unpaired) electrons. The van der Waals surface area contributed by atoms with Gasteiger partial charge in [-0.25, -0.2) is 0 Å². The van der Waals surface area contributed by atoms with Crippen molar-refractivity contribution in [2.45, 2.75) is 6.92 Å². The maximum absolute atomic E-state index is 5.48. The highest BCUT2D eigenvalue weighted by atomic mass is 127. The smallest absolute Gasteiger partial charge is 0.195 e. The van der Waals surface area contributed by atoms with Crippen molar-refractivity contribution in [3.8, 4) is 11.5 Å². The molecule has 0 aromatic heterocycles. The van der Waals surface area contributed by atoms with Gasteiger partial charge >= 0.3 is 0 Å². The van der Waals surface area contributed by atoms with E-state index in [2.05, 4.69) is 15.6 Å². The second-order valence-electron chi connectivity index (χ2n) is 3.92. The monoisotopic (exact) mass is 409 g/mol. The third-order valence-corrected chi connectivity index (χ3v) is 2.55. The quantitative estimate of drug-likeness (QED) is 0.313. The Hall–Kier alpha value is -1.22. The molecule has 0 aliphatic heterocycles. The molecule has 0 spiro atoms. The van der Waals surface area contributed by atoms with E-state index >= 15 is 0 Å². The minimum absolute atomic E-state index is 0. The number of anilines is 1. The van der Waals surface area contributed by atoms with Gasteiger partial charge < -0.3 is 24.8 Å². The maximum atomic E-state index is 5.48. The van der Waals surface area contributed by atoms with Crippen molar-refractivity contribution in [3.05, 3.63) is 18.2 Å². The van der Waals surface area contributed by atoms with Gasteiger partial charge in [-0.3, -0.25) is 4.99 Å². The molecule has 120 valence electrons. The maximum Gasteiger partial charge on any atom is 0.195 e. The second-order valence-corrected chi connectivity index (χ2v) is 3.92. The Labute approximate surface area is 143 Å². The Balaban J connectivity index is 0.00000400. The number of ether oxygens (including phenoxy) is 3. The van der Waals surface area contributed by atoms with Crippen molar-refractivity contribution in [2.75, 3.05) is 46.3 Å². The van der Waals surface area contributed by atoms with E-state index < -0.39 is 0 Å². The van der Waals surface area contributed by atoms with Crippen LogP contribution in [-0.4, -0.2) is 47.0 Å². The number of aliphatic imine (C=N–C) groups is 1. The molecule has 2 N–H and O–H groups in total. The van der Waals surface area contributed by atoms with Crippen LogP contribution in [0.1, 0.15) is 6.92 Å². The molecular formula is C14H24IN3O3. The normalized spacial score (nSPS) is 10.6. The van der Waals surface area contributed by atoms with Crippen molar-refractivity contribution < 1.29 is 14.2 Å². The van der Waals surface area contributed by atoms with Crippen LogP contribution in [0.4, 0.5) is 5.69 Å². The molecule has 0 fully saturated rings. The largest absolute Gasteiger partial charge is 0.493 e. The van der Waals surface area contributed by atoms with Crippen molar-refractivity contribution in [2.24, 2.45) is 4.99 Å². The van der Waals surface area contributed by atoms with Crippen LogP contribution in [0.15, 0.2) is 23.2 Å². The van der Waals surface area contributed by atoms with E-state index in [1.807, 2.05) is 25.1 Å². The number of nitrogens with one attached hydrogen (secondary N) is 2. The van der Waals surface area contributed by atoms with Crippen LogP contribution in [0.25, 0.3) is 0 Å². The van der Waals surface area contributed by atoms with Crippen LogP contribution in [0, 0.1) is 0 Å². The van der Waals surface area contributed by atoms with Gasteiger partial charge in [0.05, 0.1) is 20.3 Å². The van der Waals surface area contributed by atoms with E-state index in [0.29, 0.717) is 31.5 Å². The lowest BCUT2D eigenvalue weighted by molar-refractivity contribution is 0.204. The van der Waals surface area contributed by atoms with Crippen LogP contribution in [0.3, 0.4) is 0 Å². The van der Waals surface area contributed by atoms with E-state index in [9.17, 15) is 0 Å². The van der Waals surface area contributed by atoms with Crippen molar-refractivity contribution in [1.29, 1.82) is 0 Å². The molecule has 6 nitrogen and oxygen atoms in total. The molecule has 1 rings (SSSR count). The molecule has 0 unspecified atom stereocenters. The van der Waals surface area contributed by atoms with Crippen LogP contribution in [0.5, 0.6) is 11.5 Å². The average Bonchev–Trinajstić information content (AvgIpc) is 2.48. The van der Waals surface area contributed by atoms with Gasteiger partial charge in [0.1, 0.15) is 0 Å². The van der Waals surface area contributed by atoms with E-state index in [4.69, 9.17) is 14.2 Å². The predicted molar refractivity (Wildman–Crippen MR) is 96.4 cm³/mol. The highest BCUT2D eigenvalue weighted by molar-refractivity contribution is 14.0. The molecule has 1 aromatic rings. The minimum Gasteiger partial charge on any atom is -0.493 e. The van der Waals surface area contributed by atoms with Gasteiger partial charge in [0.25, 0.3) is 0 Å². The Morgan fingerprint density at radius 2 is 2.00 bits per heavy atom. The van der Waals surface area contributed by atoms with E-state index in [1.165, 1.54) is 0 Å². The summed E-state index contributed by atoms with van der Waals surface area (Å²) in [5.41, 5.74) is 0.871. The number of guanidine groups is 1. The molecular weight excluding hydrogens is 385 g/mol. The van der Waals surface area contributed by atoms with Crippen LogP contribution < -0.4 is 20.1 Å². The van der Waals surface area contributed by atoms with Crippen molar-refractivity contribution >= 4 is 35.6 Å². The molecule has 0 saturated heterocycles. The lowest BCUT2D eigenvalue weighted by Gasteiger charge is -2.14. The molecule has 0 saturated carbocycles. The van der Waals surface area contributed by atoms with Gasteiger partial charge in [-0.2, -0.15) is 0 Å². The lowest BCUT2D eigenvalue weighted by atomic mass is 10.2. The van der Waals surface area contributed by atoms with Crippen LogP contribution >= 0.6 is 24.0 Å². The molecule has 0 bridgehead atoms. The number of nitrogens with zero attached hydrogens (tertiary/aromatic N) is 1. The minimum atomic E-state index is 0. The topological polar surface area (TPSA) is 64.1 Å².